The molecule has 4 nitrogen and oxygen atoms in total. The number of anilines is 1. The monoisotopic (exact) mass is 338 g/mol. The van der Waals surface area contributed by atoms with Gasteiger partial charge in [-0.1, -0.05) is 18.2 Å². The van der Waals surface area contributed by atoms with Crippen LogP contribution in [0.3, 0.4) is 0 Å². The Morgan fingerprint density at radius 2 is 1.95 bits per heavy atom. The van der Waals surface area contributed by atoms with E-state index in [0.717, 1.165) is 34.1 Å². The van der Waals surface area contributed by atoms with Gasteiger partial charge in [0, 0.05) is 30.0 Å². The lowest BCUT2D eigenvalue weighted by molar-refractivity contribution is -0.132. The molecule has 1 aliphatic heterocycles. The van der Waals surface area contributed by atoms with Gasteiger partial charge in [0.1, 0.15) is 0 Å². The molecule has 0 aliphatic carbocycles. The number of thioether (sulfide) groups is 2. The number of amides is 2. The molecule has 0 radical (unpaired) electrons. The van der Waals surface area contributed by atoms with Crippen LogP contribution in [0, 0.1) is 13.8 Å². The molecule has 1 heterocycles. The zero-order valence-corrected chi connectivity index (χ0v) is 14.9. The summed E-state index contributed by atoms with van der Waals surface area (Å²) in [6.07, 6.45) is 0. The van der Waals surface area contributed by atoms with Crippen molar-refractivity contribution in [3.05, 3.63) is 29.3 Å². The molecule has 1 unspecified atom stereocenters. The highest BCUT2D eigenvalue weighted by Gasteiger charge is 2.26. The Balaban J connectivity index is 1.92. The summed E-state index contributed by atoms with van der Waals surface area (Å²) in [6.45, 7) is 4.02. The SMILES string of the molecule is Cc1cccc(C)c1NC(=O)CN(C)C(=O)C1CSCCS1. The van der Waals surface area contributed by atoms with Gasteiger partial charge in [0.25, 0.3) is 0 Å². The van der Waals surface area contributed by atoms with E-state index in [1.807, 2.05) is 32.0 Å². The van der Waals surface area contributed by atoms with Crippen molar-refractivity contribution in [2.45, 2.75) is 19.1 Å². The van der Waals surface area contributed by atoms with Crippen LogP contribution in [-0.4, -0.2) is 52.8 Å². The number of rotatable bonds is 4. The van der Waals surface area contributed by atoms with Gasteiger partial charge in [0.15, 0.2) is 0 Å². The molecule has 120 valence electrons. The van der Waals surface area contributed by atoms with E-state index in [0.29, 0.717) is 0 Å². The number of hydrogen-bond acceptors (Lipinski definition) is 4. The molecule has 1 saturated heterocycles. The second-order valence-electron chi connectivity index (χ2n) is 5.44. The third-order valence-corrected chi connectivity index (χ3v) is 6.34. The molecule has 1 aliphatic rings. The molecule has 1 aromatic rings. The molecular weight excluding hydrogens is 316 g/mol. The van der Waals surface area contributed by atoms with E-state index < -0.39 is 0 Å². The highest BCUT2D eigenvalue weighted by molar-refractivity contribution is 8.07. The van der Waals surface area contributed by atoms with Gasteiger partial charge in [-0.2, -0.15) is 11.8 Å². The minimum atomic E-state index is -0.151. The average Bonchev–Trinajstić information content (AvgIpc) is 2.51. The summed E-state index contributed by atoms with van der Waals surface area (Å²) in [6, 6.07) is 5.90. The van der Waals surface area contributed by atoms with Crippen LogP contribution >= 0.6 is 23.5 Å². The number of likely N-dealkylation sites (N-methyl/N-ethyl adjacent to an activating group) is 1. The van der Waals surface area contributed by atoms with E-state index in [-0.39, 0.29) is 23.6 Å². The Kier molecular flexibility index (Phi) is 6.20. The summed E-state index contributed by atoms with van der Waals surface area (Å²) in [4.78, 5) is 26.1. The standard InChI is InChI=1S/C16H22N2O2S2/c1-11-5-4-6-12(2)15(11)17-14(19)9-18(3)16(20)13-10-21-7-8-22-13/h4-6,13H,7-10H2,1-3H3,(H,17,19). The van der Waals surface area contributed by atoms with Crippen LogP contribution in [0.25, 0.3) is 0 Å². The third kappa shape index (κ3) is 4.43. The lowest BCUT2D eigenvalue weighted by atomic mass is 10.1. The molecule has 0 aromatic heterocycles. The molecule has 1 N–H and O–H groups in total. The smallest absolute Gasteiger partial charge is 0.243 e. The normalized spacial score (nSPS) is 17.9. The summed E-state index contributed by atoms with van der Waals surface area (Å²) in [7, 11) is 1.70. The second-order valence-corrected chi connectivity index (χ2v) is 7.90. The zero-order valence-electron chi connectivity index (χ0n) is 13.2. The summed E-state index contributed by atoms with van der Waals surface area (Å²) in [5, 5.41) is 2.91. The number of nitrogens with one attached hydrogen (secondary N) is 1. The van der Waals surface area contributed by atoms with Crippen molar-refractivity contribution >= 4 is 41.0 Å². The van der Waals surface area contributed by atoms with Crippen LogP contribution in [0.5, 0.6) is 0 Å². The van der Waals surface area contributed by atoms with Crippen LogP contribution in [-0.2, 0) is 9.59 Å². The molecule has 1 atom stereocenters. The second kappa shape index (κ2) is 7.92. The topological polar surface area (TPSA) is 49.4 Å². The lowest BCUT2D eigenvalue weighted by Gasteiger charge is -2.25. The number of carbonyl (C=O) groups is 2. The molecule has 0 saturated carbocycles. The number of nitrogens with zero attached hydrogens (tertiary/aromatic N) is 1. The highest BCUT2D eigenvalue weighted by Crippen LogP contribution is 2.25. The number of para-hydroxylation sites is 1. The molecule has 0 spiro atoms. The summed E-state index contributed by atoms with van der Waals surface area (Å²) in [5.41, 5.74) is 2.90. The first kappa shape index (κ1) is 17.2. The molecule has 1 fully saturated rings. The van der Waals surface area contributed by atoms with Crippen LogP contribution < -0.4 is 5.32 Å². The zero-order chi connectivity index (χ0) is 16.1. The van der Waals surface area contributed by atoms with Gasteiger partial charge in [0.2, 0.25) is 11.8 Å². The van der Waals surface area contributed by atoms with Crippen molar-refractivity contribution in [2.75, 3.05) is 36.2 Å². The first-order valence-electron chi connectivity index (χ1n) is 7.29. The molecular formula is C16H22N2O2S2. The van der Waals surface area contributed by atoms with Gasteiger partial charge >= 0.3 is 0 Å². The molecule has 1 aromatic carbocycles. The van der Waals surface area contributed by atoms with Crippen LogP contribution in [0.4, 0.5) is 5.69 Å². The van der Waals surface area contributed by atoms with E-state index in [9.17, 15) is 9.59 Å². The molecule has 0 bridgehead atoms. The molecule has 22 heavy (non-hydrogen) atoms. The molecule has 6 heteroatoms. The van der Waals surface area contributed by atoms with E-state index >= 15 is 0 Å². The summed E-state index contributed by atoms with van der Waals surface area (Å²) < 4.78 is 0. The van der Waals surface area contributed by atoms with Gasteiger partial charge in [-0.15, -0.1) is 11.8 Å². The summed E-state index contributed by atoms with van der Waals surface area (Å²) in [5.74, 6) is 2.84. The Labute approximate surface area is 140 Å². The fourth-order valence-electron chi connectivity index (χ4n) is 2.36. The minimum absolute atomic E-state index is 0.0169. The van der Waals surface area contributed by atoms with E-state index in [2.05, 4.69) is 5.32 Å². The maximum Gasteiger partial charge on any atom is 0.243 e. The van der Waals surface area contributed by atoms with E-state index in [1.165, 1.54) is 4.90 Å². The van der Waals surface area contributed by atoms with Crippen LogP contribution in [0.1, 0.15) is 11.1 Å². The van der Waals surface area contributed by atoms with Gasteiger partial charge in [0.05, 0.1) is 11.8 Å². The maximum atomic E-state index is 12.3. The first-order chi connectivity index (χ1) is 10.5. The minimum Gasteiger partial charge on any atom is -0.335 e. The van der Waals surface area contributed by atoms with Gasteiger partial charge < -0.3 is 10.2 Å². The Bertz CT molecular complexity index is 537. The van der Waals surface area contributed by atoms with Crippen molar-refractivity contribution in [3.63, 3.8) is 0 Å². The van der Waals surface area contributed by atoms with Crippen LogP contribution in [0.2, 0.25) is 0 Å². The predicted molar refractivity (Wildman–Crippen MR) is 95.8 cm³/mol. The van der Waals surface area contributed by atoms with Gasteiger partial charge in [-0.25, -0.2) is 0 Å². The molecule has 2 amide bonds. The number of carbonyl (C=O) groups excluding carboxylic acids is 2. The lowest BCUT2D eigenvalue weighted by Crippen LogP contribution is -2.41. The largest absolute Gasteiger partial charge is 0.335 e. The predicted octanol–water partition coefficient (Wildman–Crippen LogP) is 2.55. The quantitative estimate of drug-likeness (QED) is 0.917. The number of benzene rings is 1. The third-order valence-electron chi connectivity index (χ3n) is 3.59. The van der Waals surface area contributed by atoms with Gasteiger partial charge in [-0.3, -0.25) is 9.59 Å². The van der Waals surface area contributed by atoms with Crippen molar-refractivity contribution in [3.8, 4) is 0 Å². The Morgan fingerprint density at radius 1 is 1.27 bits per heavy atom. The number of hydrogen-bond donors (Lipinski definition) is 1. The van der Waals surface area contributed by atoms with Crippen LogP contribution in [0.15, 0.2) is 18.2 Å². The number of aryl methyl sites for hydroxylation is 2. The highest BCUT2D eigenvalue weighted by atomic mass is 32.2. The van der Waals surface area contributed by atoms with Crippen molar-refractivity contribution < 1.29 is 9.59 Å². The first-order valence-corrected chi connectivity index (χ1v) is 9.49. The Hall–Kier alpha value is -1.14. The Morgan fingerprint density at radius 3 is 2.55 bits per heavy atom. The fourth-order valence-corrected chi connectivity index (χ4v) is 5.02. The molecule has 2 rings (SSSR count). The fraction of sp³-hybridized carbons (Fsp3) is 0.500. The van der Waals surface area contributed by atoms with E-state index in [4.69, 9.17) is 0 Å². The van der Waals surface area contributed by atoms with Crippen molar-refractivity contribution in [1.82, 2.24) is 4.90 Å². The summed E-state index contributed by atoms with van der Waals surface area (Å²) >= 11 is 3.50. The van der Waals surface area contributed by atoms with Crippen molar-refractivity contribution in [1.29, 1.82) is 0 Å². The van der Waals surface area contributed by atoms with E-state index in [1.54, 1.807) is 30.6 Å². The van der Waals surface area contributed by atoms with Gasteiger partial charge in [-0.05, 0) is 25.0 Å². The maximum absolute atomic E-state index is 12.3. The van der Waals surface area contributed by atoms with Crippen molar-refractivity contribution in [2.24, 2.45) is 0 Å². The average molecular weight is 338 g/mol.